The number of amides is 2. The lowest BCUT2D eigenvalue weighted by Crippen LogP contribution is -2.43. The Labute approximate surface area is 269 Å². The molecular formula is C34H35N9O4. The summed E-state index contributed by atoms with van der Waals surface area (Å²) in [6, 6.07) is 12.4. The number of rotatable bonds is 7. The van der Waals surface area contributed by atoms with Crippen LogP contribution in [0.15, 0.2) is 70.8 Å². The van der Waals surface area contributed by atoms with Gasteiger partial charge in [-0.05, 0) is 55.0 Å². The predicted molar refractivity (Wildman–Crippen MR) is 176 cm³/mol. The van der Waals surface area contributed by atoms with Gasteiger partial charge < -0.3 is 16.4 Å². The number of hydrogen-bond acceptors (Lipinski definition) is 8. The summed E-state index contributed by atoms with van der Waals surface area (Å²) in [5.41, 5.74) is 14.9. The first-order valence-electron chi connectivity index (χ1n) is 15.8. The molecule has 0 radical (unpaired) electrons. The van der Waals surface area contributed by atoms with Gasteiger partial charge in [-0.2, -0.15) is 5.10 Å². The molecule has 13 nitrogen and oxygen atoms in total. The number of hydrogen-bond donors (Lipinski definition) is 2. The lowest BCUT2D eigenvalue weighted by Gasteiger charge is -2.33. The summed E-state index contributed by atoms with van der Waals surface area (Å²) in [6.45, 7) is 5.18. The molecule has 0 atom stereocenters. The Morgan fingerprint density at radius 1 is 0.979 bits per heavy atom. The number of carbonyl (C=O) groups is 2. The van der Waals surface area contributed by atoms with Crippen LogP contribution in [-0.4, -0.2) is 58.5 Å². The molecule has 4 aromatic heterocycles. The number of primary amides is 1. The minimum Gasteiger partial charge on any atom is -0.382 e. The lowest BCUT2D eigenvalue weighted by atomic mass is 9.92. The molecule has 1 saturated heterocycles. The summed E-state index contributed by atoms with van der Waals surface area (Å²) >= 11 is 0. The fourth-order valence-corrected chi connectivity index (χ4v) is 6.69. The fourth-order valence-electron chi connectivity index (χ4n) is 6.69. The van der Waals surface area contributed by atoms with Gasteiger partial charge in [0.1, 0.15) is 17.4 Å². The maximum absolute atomic E-state index is 13.9. The van der Waals surface area contributed by atoms with Gasteiger partial charge in [0.25, 0.3) is 11.5 Å². The van der Waals surface area contributed by atoms with Gasteiger partial charge in [0.2, 0.25) is 5.91 Å². The number of aromatic nitrogens is 6. The fraction of sp³-hybridized carbons (Fsp3) is 0.324. The van der Waals surface area contributed by atoms with E-state index in [0.717, 1.165) is 47.1 Å². The van der Waals surface area contributed by atoms with Crippen LogP contribution in [0.3, 0.4) is 0 Å². The Kier molecular flexibility index (Phi) is 7.45. The van der Waals surface area contributed by atoms with E-state index in [2.05, 4.69) is 21.1 Å². The van der Waals surface area contributed by atoms with Crippen LogP contribution >= 0.6 is 0 Å². The minimum absolute atomic E-state index is 0.0427. The normalized spacial score (nSPS) is 15.4. The van der Waals surface area contributed by atoms with E-state index in [1.165, 1.54) is 23.3 Å². The van der Waals surface area contributed by atoms with Crippen LogP contribution in [-0.2, 0) is 4.79 Å². The molecule has 240 valence electrons. The zero-order valence-corrected chi connectivity index (χ0v) is 26.2. The molecule has 47 heavy (non-hydrogen) atoms. The van der Waals surface area contributed by atoms with Crippen molar-refractivity contribution in [2.24, 2.45) is 11.7 Å². The highest BCUT2D eigenvalue weighted by Crippen LogP contribution is 2.40. The van der Waals surface area contributed by atoms with Crippen LogP contribution in [0.1, 0.15) is 67.5 Å². The Morgan fingerprint density at radius 3 is 2.30 bits per heavy atom. The van der Waals surface area contributed by atoms with Crippen molar-refractivity contribution in [2.45, 2.75) is 51.5 Å². The summed E-state index contributed by atoms with van der Waals surface area (Å²) in [6.07, 6.45) is 7.44. The number of benzene rings is 1. The Balaban J connectivity index is 1.31. The van der Waals surface area contributed by atoms with Gasteiger partial charge in [-0.1, -0.05) is 38.1 Å². The number of nitrogen functional groups attached to an aromatic ring is 1. The number of piperidine rings is 1. The van der Waals surface area contributed by atoms with E-state index < -0.39 is 17.2 Å². The first-order valence-corrected chi connectivity index (χ1v) is 15.8. The van der Waals surface area contributed by atoms with Crippen LogP contribution < -0.4 is 22.7 Å². The monoisotopic (exact) mass is 633 g/mol. The van der Waals surface area contributed by atoms with Gasteiger partial charge in [0, 0.05) is 48.4 Å². The predicted octanol–water partition coefficient (Wildman–Crippen LogP) is 3.15. The molecule has 7 rings (SSSR count). The van der Waals surface area contributed by atoms with Gasteiger partial charge in [-0.25, -0.2) is 18.9 Å². The minimum atomic E-state index is -0.921. The van der Waals surface area contributed by atoms with Crippen molar-refractivity contribution in [3.8, 4) is 28.1 Å². The summed E-state index contributed by atoms with van der Waals surface area (Å²) in [7, 11) is 0. The number of nitrogens with two attached hydrogens (primary N) is 2. The van der Waals surface area contributed by atoms with Crippen molar-refractivity contribution in [2.75, 3.05) is 18.8 Å². The van der Waals surface area contributed by atoms with Crippen molar-refractivity contribution in [3.63, 3.8) is 0 Å². The molecule has 5 heterocycles. The molecule has 1 aromatic carbocycles. The second-order valence-electron chi connectivity index (χ2n) is 12.5. The highest BCUT2D eigenvalue weighted by molar-refractivity contribution is 5.99. The Bertz CT molecular complexity index is 2140. The van der Waals surface area contributed by atoms with Gasteiger partial charge in [-0.15, -0.1) is 0 Å². The molecule has 2 fully saturated rings. The van der Waals surface area contributed by atoms with Crippen molar-refractivity contribution in [1.29, 1.82) is 0 Å². The summed E-state index contributed by atoms with van der Waals surface area (Å²) in [4.78, 5) is 63.2. The molecule has 0 bridgehead atoms. The maximum Gasteiger partial charge on any atom is 0.336 e. The lowest BCUT2D eigenvalue weighted by molar-refractivity contribution is -0.135. The zero-order chi connectivity index (χ0) is 33.0. The van der Waals surface area contributed by atoms with Crippen molar-refractivity contribution in [3.05, 3.63) is 93.3 Å². The number of anilines is 1. The molecule has 1 aliphatic carbocycles. The third kappa shape index (κ3) is 5.17. The van der Waals surface area contributed by atoms with Crippen LogP contribution in [0.25, 0.3) is 33.6 Å². The second-order valence-corrected chi connectivity index (χ2v) is 12.5. The molecule has 2 aliphatic rings. The van der Waals surface area contributed by atoms with E-state index >= 15 is 0 Å². The van der Waals surface area contributed by atoms with Crippen LogP contribution in [0.4, 0.5) is 5.82 Å². The number of likely N-dealkylation sites (tertiary alicyclic amines) is 1. The van der Waals surface area contributed by atoms with E-state index in [0.29, 0.717) is 30.0 Å². The Hall–Kier alpha value is -5.59. The van der Waals surface area contributed by atoms with E-state index in [9.17, 15) is 19.2 Å². The largest absolute Gasteiger partial charge is 0.382 e. The van der Waals surface area contributed by atoms with Gasteiger partial charge in [-0.3, -0.25) is 23.9 Å². The second kappa shape index (κ2) is 11.6. The quantitative estimate of drug-likeness (QED) is 0.275. The van der Waals surface area contributed by atoms with E-state index in [4.69, 9.17) is 11.5 Å². The zero-order valence-electron chi connectivity index (χ0n) is 26.2. The first-order chi connectivity index (χ1) is 22.7. The van der Waals surface area contributed by atoms with Crippen LogP contribution in [0, 0.1) is 5.92 Å². The van der Waals surface area contributed by atoms with E-state index in [1.54, 1.807) is 24.3 Å². The first kappa shape index (κ1) is 30.1. The summed E-state index contributed by atoms with van der Waals surface area (Å²) < 4.78 is 4.31. The molecule has 0 unspecified atom stereocenters. The maximum atomic E-state index is 13.9. The standard InChI is InChI=1S/C34H35N9O4/c1-19(2)32(45)40-14-11-21(12-15-40)26-16-25(29-30(35)38-18-39-43(26)29)20-5-7-22(8-6-20)28-27(31(36)44)33(46)42(24-4-3-13-37-17-24)34(47)41(28)23-9-10-23/h3-8,13,16-19,21,23H,9-12,14-15H2,1-2H3,(H2,36,44)(H2,35,38,39). The van der Waals surface area contributed by atoms with E-state index in [1.807, 2.05) is 35.4 Å². The topological polar surface area (TPSA) is 177 Å². The van der Waals surface area contributed by atoms with E-state index in [-0.39, 0.29) is 40.7 Å². The molecule has 0 spiro atoms. The smallest absolute Gasteiger partial charge is 0.336 e. The SMILES string of the molecule is CC(C)C(=O)N1CCC(c2cc(-c3ccc(-c4c(C(N)=O)c(=O)n(-c5cccnc5)c(=O)n4C4CC4)cc3)c3c(N)ncnn23)CC1. The molecule has 13 heteroatoms. The number of pyridine rings is 1. The molecule has 1 aliphatic heterocycles. The average molecular weight is 634 g/mol. The van der Waals surface area contributed by atoms with Gasteiger partial charge in [0.05, 0.1) is 17.6 Å². The van der Waals surface area contributed by atoms with Gasteiger partial charge in [0.15, 0.2) is 5.82 Å². The molecule has 1 saturated carbocycles. The third-order valence-corrected chi connectivity index (χ3v) is 9.15. The highest BCUT2D eigenvalue weighted by atomic mass is 16.2. The van der Waals surface area contributed by atoms with Crippen molar-refractivity contribution >= 4 is 23.1 Å². The number of nitrogens with zero attached hydrogens (tertiary/aromatic N) is 7. The number of fused-ring (bicyclic) bond motifs is 1. The van der Waals surface area contributed by atoms with Crippen molar-refractivity contribution in [1.82, 2.24) is 33.6 Å². The molecular weight excluding hydrogens is 598 g/mol. The van der Waals surface area contributed by atoms with Crippen molar-refractivity contribution < 1.29 is 9.59 Å². The average Bonchev–Trinajstić information content (AvgIpc) is 3.83. The summed E-state index contributed by atoms with van der Waals surface area (Å²) in [5, 5.41) is 4.55. The molecule has 4 N–H and O–H groups in total. The van der Waals surface area contributed by atoms with Crippen LogP contribution in [0.2, 0.25) is 0 Å². The third-order valence-electron chi connectivity index (χ3n) is 9.15. The molecule has 2 amide bonds. The summed E-state index contributed by atoms with van der Waals surface area (Å²) in [5.74, 6) is -0.306. The van der Waals surface area contributed by atoms with Gasteiger partial charge >= 0.3 is 5.69 Å². The Morgan fingerprint density at radius 2 is 1.68 bits per heavy atom. The highest BCUT2D eigenvalue weighted by Gasteiger charge is 2.34. The number of carbonyl (C=O) groups excluding carboxylic acids is 2. The molecule has 5 aromatic rings. The van der Waals surface area contributed by atoms with Crippen LogP contribution in [0.5, 0.6) is 0 Å².